The minimum Gasteiger partial charge on any atom is -0.0837 e. The van der Waals surface area contributed by atoms with Crippen LogP contribution in [0.25, 0.3) is 0 Å². The second-order valence-corrected chi connectivity index (χ2v) is 6.87. The molecule has 0 spiro atoms. The summed E-state index contributed by atoms with van der Waals surface area (Å²) in [6, 6.07) is 0. The molecule has 0 bridgehead atoms. The molecule has 20 heavy (non-hydrogen) atoms. The lowest BCUT2D eigenvalue weighted by molar-refractivity contribution is 0.614. The summed E-state index contributed by atoms with van der Waals surface area (Å²) in [4.78, 5) is 2.15. The van der Waals surface area contributed by atoms with Crippen molar-refractivity contribution in [2.24, 2.45) is 0 Å². The number of thiocarbonyl (C=S) groups is 2. The monoisotopic (exact) mass is 314 g/mol. The zero-order valence-corrected chi connectivity index (χ0v) is 15.3. The van der Waals surface area contributed by atoms with Gasteiger partial charge in [-0.3, -0.25) is 0 Å². The molecule has 0 atom stereocenters. The Hall–Kier alpha value is 0.180. The second kappa shape index (κ2) is 15.6. The van der Waals surface area contributed by atoms with Gasteiger partial charge in [0.05, 0.1) is 0 Å². The highest BCUT2D eigenvalue weighted by Crippen LogP contribution is 2.12. The first-order valence-electron chi connectivity index (χ1n) is 8.78. The van der Waals surface area contributed by atoms with E-state index in [1.807, 2.05) is 0 Å². The van der Waals surface area contributed by atoms with Crippen LogP contribution in [0.2, 0.25) is 0 Å². The molecule has 0 rings (SSSR count). The Bertz CT molecular complexity index is 220. The standard InChI is InChI=1S/C18H34S2/c1-3-5-7-9-11-13-15-17(19)18(20)16-14-12-10-8-6-4-2/h3-16H2,1-2H3. The minimum absolute atomic E-state index is 1.05. The molecule has 0 heterocycles. The molecule has 0 saturated carbocycles. The van der Waals surface area contributed by atoms with Crippen molar-refractivity contribution in [3.05, 3.63) is 0 Å². The number of unbranched alkanes of at least 4 members (excludes halogenated alkanes) is 10. The average Bonchev–Trinajstić information content (AvgIpc) is 2.45. The summed E-state index contributed by atoms with van der Waals surface area (Å²) in [6.07, 6.45) is 18.1. The number of rotatable bonds is 15. The minimum atomic E-state index is 1.05. The quantitative estimate of drug-likeness (QED) is 0.231. The van der Waals surface area contributed by atoms with E-state index in [9.17, 15) is 0 Å². The Balaban J connectivity index is 3.40. The van der Waals surface area contributed by atoms with Crippen LogP contribution < -0.4 is 0 Å². The second-order valence-electron chi connectivity index (χ2n) is 5.88. The maximum absolute atomic E-state index is 5.46. The van der Waals surface area contributed by atoms with Gasteiger partial charge in [0.15, 0.2) is 0 Å². The molecule has 0 radical (unpaired) electrons. The topological polar surface area (TPSA) is 0 Å². The van der Waals surface area contributed by atoms with Crippen LogP contribution in [0, 0.1) is 0 Å². The fourth-order valence-corrected chi connectivity index (χ4v) is 2.90. The molecule has 0 aromatic heterocycles. The lowest BCUT2D eigenvalue weighted by Gasteiger charge is -2.06. The molecule has 0 unspecified atom stereocenters. The van der Waals surface area contributed by atoms with Crippen molar-refractivity contribution < 1.29 is 0 Å². The largest absolute Gasteiger partial charge is 0.0837 e. The van der Waals surface area contributed by atoms with Crippen LogP contribution in [0.4, 0.5) is 0 Å². The van der Waals surface area contributed by atoms with Crippen LogP contribution in [-0.4, -0.2) is 9.73 Å². The van der Waals surface area contributed by atoms with E-state index in [0.29, 0.717) is 0 Å². The highest BCUT2D eigenvalue weighted by atomic mass is 32.1. The summed E-state index contributed by atoms with van der Waals surface area (Å²) in [6.45, 7) is 4.52. The first-order chi connectivity index (χ1) is 9.72. The molecule has 118 valence electrons. The first-order valence-corrected chi connectivity index (χ1v) is 9.60. The van der Waals surface area contributed by atoms with Gasteiger partial charge in [-0.15, -0.1) is 0 Å². The SMILES string of the molecule is CCCCCCCCC(=S)C(=S)CCCCCCCC. The summed E-state index contributed by atoms with van der Waals surface area (Å²) in [5.74, 6) is 0. The highest BCUT2D eigenvalue weighted by molar-refractivity contribution is 7.89. The predicted molar refractivity (Wildman–Crippen MR) is 101 cm³/mol. The fourth-order valence-electron chi connectivity index (χ4n) is 2.41. The molecular weight excluding hydrogens is 280 g/mol. The van der Waals surface area contributed by atoms with Gasteiger partial charge in [0.1, 0.15) is 0 Å². The van der Waals surface area contributed by atoms with Crippen molar-refractivity contribution in [1.82, 2.24) is 0 Å². The van der Waals surface area contributed by atoms with Crippen molar-refractivity contribution in [2.45, 2.75) is 104 Å². The van der Waals surface area contributed by atoms with Crippen molar-refractivity contribution in [1.29, 1.82) is 0 Å². The summed E-state index contributed by atoms with van der Waals surface area (Å²) < 4.78 is 0. The van der Waals surface area contributed by atoms with Crippen molar-refractivity contribution in [3.63, 3.8) is 0 Å². The first kappa shape index (κ1) is 20.2. The van der Waals surface area contributed by atoms with Gasteiger partial charge in [-0.2, -0.15) is 0 Å². The van der Waals surface area contributed by atoms with Gasteiger partial charge in [0.25, 0.3) is 0 Å². The van der Waals surface area contributed by atoms with E-state index in [0.717, 1.165) is 22.6 Å². The molecule has 0 saturated heterocycles. The van der Waals surface area contributed by atoms with E-state index < -0.39 is 0 Å². The van der Waals surface area contributed by atoms with Crippen LogP contribution >= 0.6 is 24.4 Å². The Morgan fingerprint density at radius 3 is 1.15 bits per heavy atom. The lowest BCUT2D eigenvalue weighted by atomic mass is 10.0. The van der Waals surface area contributed by atoms with Gasteiger partial charge < -0.3 is 0 Å². The van der Waals surface area contributed by atoms with Crippen molar-refractivity contribution >= 4 is 34.2 Å². The van der Waals surface area contributed by atoms with Crippen molar-refractivity contribution in [3.8, 4) is 0 Å². The van der Waals surface area contributed by atoms with Crippen LogP contribution in [0.3, 0.4) is 0 Å². The van der Waals surface area contributed by atoms with E-state index in [1.54, 1.807) is 0 Å². The van der Waals surface area contributed by atoms with Gasteiger partial charge in [0.2, 0.25) is 0 Å². The lowest BCUT2D eigenvalue weighted by Crippen LogP contribution is -2.08. The zero-order valence-electron chi connectivity index (χ0n) is 13.7. The Morgan fingerprint density at radius 1 is 0.500 bits per heavy atom. The number of hydrogen-bond acceptors (Lipinski definition) is 2. The molecule has 0 aliphatic rings. The van der Waals surface area contributed by atoms with E-state index in [2.05, 4.69) is 13.8 Å². The number of hydrogen-bond donors (Lipinski definition) is 0. The third kappa shape index (κ3) is 13.2. The molecule has 0 nitrogen and oxygen atoms in total. The summed E-state index contributed by atoms with van der Waals surface area (Å²) in [5, 5.41) is 0. The third-order valence-corrected chi connectivity index (χ3v) is 4.86. The van der Waals surface area contributed by atoms with Crippen LogP contribution in [0.15, 0.2) is 0 Å². The molecule has 0 aliphatic heterocycles. The molecule has 0 aromatic rings. The maximum atomic E-state index is 5.46. The van der Waals surface area contributed by atoms with Crippen LogP contribution in [0.1, 0.15) is 104 Å². The van der Waals surface area contributed by atoms with Gasteiger partial charge >= 0.3 is 0 Å². The molecular formula is C18H34S2. The zero-order chi connectivity index (χ0) is 15.1. The smallest absolute Gasteiger partial charge is 0.0291 e. The van der Waals surface area contributed by atoms with E-state index >= 15 is 0 Å². The summed E-state index contributed by atoms with van der Waals surface area (Å²) in [7, 11) is 0. The maximum Gasteiger partial charge on any atom is 0.0291 e. The van der Waals surface area contributed by atoms with Gasteiger partial charge in [-0.25, -0.2) is 0 Å². The van der Waals surface area contributed by atoms with E-state index in [1.165, 1.54) is 77.0 Å². The molecule has 0 aromatic carbocycles. The average molecular weight is 315 g/mol. The van der Waals surface area contributed by atoms with E-state index in [-0.39, 0.29) is 0 Å². The Morgan fingerprint density at radius 2 is 0.800 bits per heavy atom. The molecule has 0 aliphatic carbocycles. The fraction of sp³-hybridized carbons (Fsp3) is 0.889. The molecule has 2 heteroatoms. The van der Waals surface area contributed by atoms with Crippen LogP contribution in [-0.2, 0) is 0 Å². The van der Waals surface area contributed by atoms with Gasteiger partial charge in [-0.05, 0) is 25.7 Å². The molecule has 0 amide bonds. The van der Waals surface area contributed by atoms with E-state index in [4.69, 9.17) is 24.4 Å². The Kier molecular flexibility index (Phi) is 15.7. The summed E-state index contributed by atoms with van der Waals surface area (Å²) >= 11 is 10.9. The van der Waals surface area contributed by atoms with Crippen LogP contribution in [0.5, 0.6) is 0 Å². The Labute approximate surface area is 138 Å². The third-order valence-electron chi connectivity index (χ3n) is 3.83. The van der Waals surface area contributed by atoms with Crippen molar-refractivity contribution in [2.75, 3.05) is 0 Å². The summed E-state index contributed by atoms with van der Waals surface area (Å²) in [5.41, 5.74) is 0. The van der Waals surface area contributed by atoms with Gasteiger partial charge in [0, 0.05) is 9.73 Å². The van der Waals surface area contributed by atoms with Gasteiger partial charge in [-0.1, -0.05) is 102 Å². The normalized spacial score (nSPS) is 10.7. The predicted octanol–water partition coefficient (Wildman–Crippen LogP) is 7.23. The molecule has 0 fully saturated rings. The molecule has 0 N–H and O–H groups in total. The highest BCUT2D eigenvalue weighted by Gasteiger charge is 2.04.